The van der Waals surface area contributed by atoms with Gasteiger partial charge in [0.25, 0.3) is 0 Å². The number of halogens is 2. The molecular formula is C5H4Cl2N2O. The first-order valence-electron chi connectivity index (χ1n) is 2.58. The Bertz CT molecular complexity index is 212. The third-order valence-electron chi connectivity index (χ3n) is 1.01. The number of hydrazone groups is 1. The molecule has 10 heavy (non-hydrogen) atoms. The Kier molecular flexibility index (Phi) is 2.29. The normalized spacial score (nSPS) is 18.0. The molecule has 0 unspecified atom stereocenters. The average molecular weight is 179 g/mol. The van der Waals surface area contributed by atoms with Crippen molar-refractivity contribution in [1.82, 2.24) is 4.53 Å². The molecule has 0 aliphatic carbocycles. The van der Waals surface area contributed by atoms with Gasteiger partial charge in [-0.3, -0.25) is 4.79 Å². The second kappa shape index (κ2) is 3.03. The van der Waals surface area contributed by atoms with Crippen molar-refractivity contribution in [1.29, 1.82) is 0 Å². The molecule has 0 fully saturated rings. The monoisotopic (exact) mass is 178 g/mol. The summed E-state index contributed by atoms with van der Waals surface area (Å²) in [7, 11) is 0. The molecule has 0 atom stereocenters. The fourth-order valence-electron chi connectivity index (χ4n) is 0.550. The molecule has 1 aliphatic rings. The van der Waals surface area contributed by atoms with E-state index in [0.29, 0.717) is 23.6 Å². The van der Waals surface area contributed by atoms with Crippen molar-refractivity contribution in [2.45, 2.75) is 6.42 Å². The van der Waals surface area contributed by atoms with Crippen LogP contribution in [0.3, 0.4) is 0 Å². The Morgan fingerprint density at radius 1 is 1.80 bits per heavy atom. The van der Waals surface area contributed by atoms with Crippen LogP contribution in [-0.4, -0.2) is 16.0 Å². The summed E-state index contributed by atoms with van der Waals surface area (Å²) in [5, 5.41) is 3.99. The fraction of sp³-hybridized carbons (Fsp3) is 0.200. The average Bonchev–Trinajstić information content (AvgIpc) is 1.88. The van der Waals surface area contributed by atoms with E-state index >= 15 is 0 Å². The van der Waals surface area contributed by atoms with Gasteiger partial charge < -0.3 is 0 Å². The molecule has 0 aromatic carbocycles. The zero-order chi connectivity index (χ0) is 7.56. The molecule has 0 N–H and O–H groups in total. The standard InChI is InChI=1S/C5H4Cl2N2O/c6-5-2-1-4(3-10)9(7)8-5/h1,3H,2H2. The quantitative estimate of drug-likeness (QED) is 0.451. The van der Waals surface area contributed by atoms with Gasteiger partial charge in [-0.2, -0.15) is 4.53 Å². The summed E-state index contributed by atoms with van der Waals surface area (Å²) in [6.07, 6.45) is 2.70. The Labute approximate surface area is 68.0 Å². The molecule has 0 spiro atoms. The Morgan fingerprint density at radius 2 is 2.50 bits per heavy atom. The zero-order valence-corrected chi connectivity index (χ0v) is 6.43. The lowest BCUT2D eigenvalue weighted by Crippen LogP contribution is -2.11. The van der Waals surface area contributed by atoms with Crippen molar-refractivity contribution < 1.29 is 4.79 Å². The number of hydrogen-bond acceptors (Lipinski definition) is 3. The highest BCUT2D eigenvalue weighted by molar-refractivity contribution is 6.65. The first-order valence-corrected chi connectivity index (χ1v) is 3.30. The number of hydrogen-bond donors (Lipinski definition) is 0. The number of carbonyl (C=O) groups excluding carboxylic acids is 1. The molecule has 0 saturated heterocycles. The van der Waals surface area contributed by atoms with E-state index in [-0.39, 0.29) is 0 Å². The van der Waals surface area contributed by atoms with Crippen LogP contribution in [0.1, 0.15) is 6.42 Å². The van der Waals surface area contributed by atoms with Crippen LogP contribution in [0.4, 0.5) is 0 Å². The van der Waals surface area contributed by atoms with Crippen LogP contribution in [0.2, 0.25) is 0 Å². The maximum Gasteiger partial charge on any atom is 0.169 e. The molecule has 1 heterocycles. The minimum absolute atomic E-state index is 0.325. The lowest BCUT2D eigenvalue weighted by molar-refractivity contribution is -0.105. The van der Waals surface area contributed by atoms with E-state index in [0.717, 1.165) is 4.53 Å². The van der Waals surface area contributed by atoms with Crippen molar-refractivity contribution in [2.75, 3.05) is 0 Å². The summed E-state index contributed by atoms with van der Waals surface area (Å²) in [5.74, 6) is 0. The SMILES string of the molecule is O=CC1=CCC(Cl)=NN1Cl. The van der Waals surface area contributed by atoms with E-state index in [1.54, 1.807) is 6.08 Å². The van der Waals surface area contributed by atoms with E-state index in [4.69, 9.17) is 23.4 Å². The van der Waals surface area contributed by atoms with Gasteiger partial charge in [-0.1, -0.05) is 11.6 Å². The number of nitrogens with zero attached hydrogens (tertiary/aromatic N) is 2. The van der Waals surface area contributed by atoms with E-state index < -0.39 is 0 Å². The molecule has 1 aliphatic heterocycles. The van der Waals surface area contributed by atoms with Gasteiger partial charge in [0.05, 0.1) is 0 Å². The number of carbonyl (C=O) groups is 1. The molecule has 0 amide bonds. The first kappa shape index (κ1) is 7.57. The van der Waals surface area contributed by atoms with Crippen LogP contribution in [0.25, 0.3) is 0 Å². The van der Waals surface area contributed by atoms with Crippen molar-refractivity contribution in [3.63, 3.8) is 0 Å². The molecular weight excluding hydrogens is 175 g/mol. The highest BCUT2D eigenvalue weighted by Gasteiger charge is 2.10. The van der Waals surface area contributed by atoms with E-state index in [2.05, 4.69) is 5.10 Å². The lowest BCUT2D eigenvalue weighted by Gasteiger charge is -2.12. The molecule has 5 heteroatoms. The second-order valence-corrected chi connectivity index (χ2v) is 2.44. The van der Waals surface area contributed by atoms with E-state index in [1.807, 2.05) is 0 Å². The molecule has 54 valence electrons. The van der Waals surface area contributed by atoms with Crippen LogP contribution in [0, 0.1) is 0 Å². The van der Waals surface area contributed by atoms with Crippen LogP contribution in [0.5, 0.6) is 0 Å². The maximum absolute atomic E-state index is 10.2. The Balaban J connectivity index is 2.75. The number of aldehydes is 1. The van der Waals surface area contributed by atoms with E-state index in [9.17, 15) is 4.79 Å². The molecule has 0 radical (unpaired) electrons. The van der Waals surface area contributed by atoms with Gasteiger partial charge in [-0.15, -0.1) is 5.10 Å². The number of allylic oxidation sites excluding steroid dienone is 2. The predicted octanol–water partition coefficient (Wildman–Crippen LogP) is 1.48. The van der Waals surface area contributed by atoms with Gasteiger partial charge in [-0.05, 0) is 6.08 Å². The topological polar surface area (TPSA) is 32.7 Å². The summed E-state index contributed by atoms with van der Waals surface area (Å²) in [4.78, 5) is 10.2. The summed E-state index contributed by atoms with van der Waals surface area (Å²) < 4.78 is 0.929. The summed E-state index contributed by atoms with van der Waals surface area (Å²) in [5.41, 5.74) is 0.325. The summed E-state index contributed by atoms with van der Waals surface area (Å²) >= 11 is 10.9. The molecule has 0 aromatic rings. The van der Waals surface area contributed by atoms with Crippen LogP contribution in [0.15, 0.2) is 16.9 Å². The molecule has 3 nitrogen and oxygen atoms in total. The van der Waals surface area contributed by atoms with Gasteiger partial charge in [0.1, 0.15) is 10.9 Å². The maximum atomic E-state index is 10.2. The van der Waals surface area contributed by atoms with Gasteiger partial charge in [0.2, 0.25) is 0 Å². The summed E-state index contributed by atoms with van der Waals surface area (Å²) in [6.45, 7) is 0. The third-order valence-corrected chi connectivity index (χ3v) is 1.51. The molecule has 1 rings (SSSR count). The van der Waals surface area contributed by atoms with Crippen LogP contribution >= 0.6 is 23.4 Å². The largest absolute Gasteiger partial charge is 0.296 e. The van der Waals surface area contributed by atoms with Gasteiger partial charge in [0.15, 0.2) is 6.29 Å². The first-order chi connectivity index (χ1) is 4.74. The van der Waals surface area contributed by atoms with E-state index in [1.165, 1.54) is 0 Å². The lowest BCUT2D eigenvalue weighted by atomic mass is 10.3. The van der Waals surface area contributed by atoms with Crippen LogP contribution in [-0.2, 0) is 4.79 Å². The molecule has 0 bridgehead atoms. The molecule has 0 aromatic heterocycles. The highest BCUT2D eigenvalue weighted by atomic mass is 35.5. The smallest absolute Gasteiger partial charge is 0.169 e. The Hall–Kier alpha value is -0.540. The second-order valence-electron chi connectivity index (χ2n) is 1.69. The third kappa shape index (κ3) is 1.49. The van der Waals surface area contributed by atoms with Gasteiger partial charge in [-0.25, -0.2) is 0 Å². The van der Waals surface area contributed by atoms with Crippen molar-refractivity contribution >= 4 is 34.8 Å². The Morgan fingerprint density at radius 3 is 3.00 bits per heavy atom. The molecule has 0 saturated carbocycles. The van der Waals surface area contributed by atoms with Crippen molar-refractivity contribution in [3.8, 4) is 0 Å². The highest BCUT2D eigenvalue weighted by Crippen LogP contribution is 2.15. The minimum atomic E-state index is 0.325. The van der Waals surface area contributed by atoms with Crippen molar-refractivity contribution in [2.24, 2.45) is 5.10 Å². The van der Waals surface area contributed by atoms with Crippen LogP contribution < -0.4 is 0 Å². The number of rotatable bonds is 1. The van der Waals surface area contributed by atoms with Gasteiger partial charge >= 0.3 is 0 Å². The zero-order valence-electron chi connectivity index (χ0n) is 4.92. The predicted molar refractivity (Wildman–Crippen MR) is 39.7 cm³/mol. The van der Waals surface area contributed by atoms with Crippen molar-refractivity contribution in [3.05, 3.63) is 11.8 Å². The fourth-order valence-corrected chi connectivity index (χ4v) is 0.941. The minimum Gasteiger partial charge on any atom is -0.296 e. The van der Waals surface area contributed by atoms with Gasteiger partial charge in [0, 0.05) is 18.2 Å². The summed E-state index contributed by atoms with van der Waals surface area (Å²) in [6, 6.07) is 0.